The third-order valence-corrected chi connectivity index (χ3v) is 3.70. The molecule has 4 atom stereocenters. The van der Waals surface area contributed by atoms with Crippen LogP contribution in [-0.2, 0) is 9.53 Å². The van der Waals surface area contributed by atoms with Gasteiger partial charge in [0, 0.05) is 12.2 Å². The smallest absolute Gasteiger partial charge is 0.303 e. The fourth-order valence-electron chi connectivity index (χ4n) is 1.60. The summed E-state index contributed by atoms with van der Waals surface area (Å²) in [5.41, 5.74) is 0. The number of aliphatic carboxylic acids is 1. The maximum absolute atomic E-state index is 10.2. The second-order valence-corrected chi connectivity index (χ2v) is 5.08. The van der Waals surface area contributed by atoms with Crippen LogP contribution in [0.25, 0.3) is 0 Å². The summed E-state index contributed by atoms with van der Waals surface area (Å²) >= 11 is 1.54. The summed E-state index contributed by atoms with van der Waals surface area (Å²) < 4.78 is 5.38. The first-order chi connectivity index (χ1) is 7.52. The van der Waals surface area contributed by atoms with Gasteiger partial charge in [0.2, 0.25) is 0 Å². The Labute approximate surface area is 98.8 Å². The molecule has 1 heterocycles. The Morgan fingerprint density at radius 1 is 1.38 bits per heavy atom. The molecule has 0 amide bonds. The highest BCUT2D eigenvalue weighted by molar-refractivity contribution is 7.99. The average molecular weight is 250 g/mol. The van der Waals surface area contributed by atoms with Crippen molar-refractivity contribution in [2.45, 2.75) is 44.2 Å². The topological polar surface area (TPSA) is 87.0 Å². The summed E-state index contributed by atoms with van der Waals surface area (Å²) in [6.07, 6.45) is -1.55. The van der Waals surface area contributed by atoms with E-state index >= 15 is 0 Å². The maximum Gasteiger partial charge on any atom is 0.303 e. The Morgan fingerprint density at radius 3 is 2.56 bits per heavy atom. The van der Waals surface area contributed by atoms with Crippen LogP contribution in [0, 0.1) is 0 Å². The lowest BCUT2D eigenvalue weighted by atomic mass is 10.1. The molecule has 1 saturated heterocycles. The minimum atomic E-state index is -0.832. The van der Waals surface area contributed by atoms with E-state index in [4.69, 9.17) is 9.84 Å². The van der Waals surface area contributed by atoms with Crippen LogP contribution in [0.5, 0.6) is 0 Å². The molecule has 6 heteroatoms. The third-order valence-electron chi connectivity index (χ3n) is 2.56. The first-order valence-electron chi connectivity index (χ1n) is 5.33. The van der Waals surface area contributed by atoms with Crippen molar-refractivity contribution in [3.05, 3.63) is 0 Å². The van der Waals surface area contributed by atoms with Gasteiger partial charge in [-0.2, -0.15) is 11.8 Å². The molecule has 1 aliphatic heterocycles. The molecule has 0 aliphatic carbocycles. The van der Waals surface area contributed by atoms with Gasteiger partial charge in [0.25, 0.3) is 0 Å². The minimum absolute atomic E-state index is 0.167. The number of carboxylic acids is 1. The number of carboxylic acid groups (broad SMARTS) is 1. The molecule has 5 nitrogen and oxygen atoms in total. The van der Waals surface area contributed by atoms with Gasteiger partial charge < -0.3 is 20.1 Å². The molecule has 0 radical (unpaired) electrons. The van der Waals surface area contributed by atoms with Gasteiger partial charge in [-0.1, -0.05) is 0 Å². The van der Waals surface area contributed by atoms with Gasteiger partial charge in [0.1, 0.15) is 12.2 Å². The number of aliphatic hydroxyl groups excluding tert-OH is 2. The summed E-state index contributed by atoms with van der Waals surface area (Å²) in [5, 5.41) is 27.5. The van der Waals surface area contributed by atoms with E-state index in [1.807, 2.05) is 0 Å². The van der Waals surface area contributed by atoms with Crippen molar-refractivity contribution in [3.8, 4) is 0 Å². The van der Waals surface area contributed by atoms with Crippen molar-refractivity contribution < 1.29 is 24.9 Å². The first-order valence-corrected chi connectivity index (χ1v) is 6.49. The Balaban J connectivity index is 2.12. The number of aliphatic hydroxyl groups is 2. The van der Waals surface area contributed by atoms with E-state index in [0.29, 0.717) is 12.2 Å². The van der Waals surface area contributed by atoms with Crippen molar-refractivity contribution in [1.82, 2.24) is 0 Å². The summed E-state index contributed by atoms with van der Waals surface area (Å²) in [7, 11) is 0. The van der Waals surface area contributed by atoms with Gasteiger partial charge in [-0.15, -0.1) is 0 Å². The normalized spacial score (nSPS) is 34.2. The van der Waals surface area contributed by atoms with E-state index in [1.54, 1.807) is 18.7 Å². The number of ether oxygens (including phenoxy) is 1. The molecule has 94 valence electrons. The van der Waals surface area contributed by atoms with Gasteiger partial charge in [0.15, 0.2) is 0 Å². The molecular weight excluding hydrogens is 232 g/mol. The highest BCUT2D eigenvalue weighted by Gasteiger charge is 2.39. The minimum Gasteiger partial charge on any atom is -0.481 e. The molecular formula is C10H18O5S. The molecule has 0 bridgehead atoms. The van der Waals surface area contributed by atoms with Crippen molar-refractivity contribution in [3.63, 3.8) is 0 Å². The van der Waals surface area contributed by atoms with Crippen LogP contribution in [0.15, 0.2) is 0 Å². The zero-order valence-electron chi connectivity index (χ0n) is 9.20. The predicted octanol–water partition coefficient (Wildman–Crippen LogP) is 0.0935. The number of carbonyl (C=O) groups is 1. The lowest BCUT2D eigenvalue weighted by Gasteiger charge is -2.13. The Bertz CT molecular complexity index is 235. The van der Waals surface area contributed by atoms with E-state index in [9.17, 15) is 15.0 Å². The van der Waals surface area contributed by atoms with Crippen LogP contribution in [0.4, 0.5) is 0 Å². The second kappa shape index (κ2) is 6.44. The summed E-state index contributed by atoms with van der Waals surface area (Å²) in [5.74, 6) is 0.521. The lowest BCUT2D eigenvalue weighted by molar-refractivity contribution is -0.137. The molecule has 3 N–H and O–H groups in total. The Kier molecular flexibility index (Phi) is 5.54. The fraction of sp³-hybridized carbons (Fsp3) is 0.900. The van der Waals surface area contributed by atoms with Crippen molar-refractivity contribution >= 4 is 17.7 Å². The molecule has 4 unspecified atom stereocenters. The SMILES string of the molecule is CC1OC(CSCCCC(=O)O)C(O)C1O. The van der Waals surface area contributed by atoms with Gasteiger partial charge in [-0.25, -0.2) is 0 Å². The highest BCUT2D eigenvalue weighted by atomic mass is 32.2. The zero-order valence-corrected chi connectivity index (χ0v) is 10.0. The van der Waals surface area contributed by atoms with Crippen LogP contribution >= 0.6 is 11.8 Å². The summed E-state index contributed by atoms with van der Waals surface area (Å²) in [4.78, 5) is 10.2. The van der Waals surface area contributed by atoms with Crippen molar-refractivity contribution in [2.24, 2.45) is 0 Å². The van der Waals surface area contributed by atoms with E-state index in [1.165, 1.54) is 0 Å². The van der Waals surface area contributed by atoms with E-state index in [0.717, 1.165) is 5.75 Å². The van der Waals surface area contributed by atoms with Crippen LogP contribution in [0.1, 0.15) is 19.8 Å². The molecule has 1 aliphatic rings. The number of hydrogen-bond acceptors (Lipinski definition) is 5. The van der Waals surface area contributed by atoms with Gasteiger partial charge in [-0.05, 0) is 19.1 Å². The fourth-order valence-corrected chi connectivity index (χ4v) is 2.62. The first kappa shape index (κ1) is 13.8. The largest absolute Gasteiger partial charge is 0.481 e. The van der Waals surface area contributed by atoms with E-state index in [-0.39, 0.29) is 18.6 Å². The quantitative estimate of drug-likeness (QED) is 0.579. The summed E-state index contributed by atoms with van der Waals surface area (Å²) in [6.45, 7) is 1.73. The molecule has 1 rings (SSSR count). The zero-order chi connectivity index (χ0) is 12.1. The molecule has 0 aromatic rings. The standard InChI is InChI=1S/C10H18O5S/c1-6-9(13)10(14)7(15-6)5-16-4-2-3-8(11)12/h6-7,9-10,13-14H,2-5H2,1H3,(H,11,12). The molecule has 16 heavy (non-hydrogen) atoms. The van der Waals surface area contributed by atoms with Crippen LogP contribution in [-0.4, -0.2) is 57.2 Å². The monoisotopic (exact) mass is 250 g/mol. The number of hydrogen-bond donors (Lipinski definition) is 3. The Morgan fingerprint density at radius 2 is 2.06 bits per heavy atom. The molecule has 0 spiro atoms. The molecule has 0 saturated carbocycles. The number of thioether (sulfide) groups is 1. The van der Waals surface area contributed by atoms with E-state index in [2.05, 4.69) is 0 Å². The summed E-state index contributed by atoms with van der Waals surface area (Å²) in [6, 6.07) is 0. The van der Waals surface area contributed by atoms with Crippen LogP contribution < -0.4 is 0 Å². The van der Waals surface area contributed by atoms with Gasteiger partial charge in [-0.3, -0.25) is 4.79 Å². The lowest BCUT2D eigenvalue weighted by Crippen LogP contribution is -2.32. The van der Waals surface area contributed by atoms with Crippen LogP contribution in [0.2, 0.25) is 0 Å². The Hall–Kier alpha value is -0.300. The molecule has 1 fully saturated rings. The van der Waals surface area contributed by atoms with Crippen molar-refractivity contribution in [1.29, 1.82) is 0 Å². The maximum atomic E-state index is 10.2. The van der Waals surface area contributed by atoms with Gasteiger partial charge >= 0.3 is 5.97 Å². The second-order valence-electron chi connectivity index (χ2n) is 3.93. The number of rotatable bonds is 6. The molecule has 0 aromatic heterocycles. The average Bonchev–Trinajstić information content (AvgIpc) is 2.45. The highest BCUT2D eigenvalue weighted by Crippen LogP contribution is 2.24. The predicted molar refractivity (Wildman–Crippen MR) is 60.5 cm³/mol. The van der Waals surface area contributed by atoms with Gasteiger partial charge in [0.05, 0.1) is 12.2 Å². The van der Waals surface area contributed by atoms with E-state index < -0.39 is 18.2 Å². The molecule has 0 aromatic carbocycles. The van der Waals surface area contributed by atoms with Crippen molar-refractivity contribution in [2.75, 3.05) is 11.5 Å². The third kappa shape index (κ3) is 3.93. The van der Waals surface area contributed by atoms with Crippen LogP contribution in [0.3, 0.4) is 0 Å².